The van der Waals surface area contributed by atoms with Crippen LogP contribution in [-0.4, -0.2) is 70.6 Å². The van der Waals surface area contributed by atoms with Crippen molar-refractivity contribution in [3.63, 3.8) is 0 Å². The summed E-state index contributed by atoms with van der Waals surface area (Å²) in [5.41, 5.74) is -4.43. The third-order valence-corrected chi connectivity index (χ3v) is 10.9. The molecule has 9 atom stereocenters. The lowest BCUT2D eigenvalue weighted by atomic mass is 9.43. The summed E-state index contributed by atoms with van der Waals surface area (Å²) in [7, 11) is 0. The summed E-state index contributed by atoms with van der Waals surface area (Å²) in [5, 5.41) is 21.7. The van der Waals surface area contributed by atoms with E-state index >= 15 is 8.78 Å². The predicted molar refractivity (Wildman–Crippen MR) is 163 cm³/mol. The van der Waals surface area contributed by atoms with Gasteiger partial charge in [0.1, 0.15) is 12.8 Å². The molecule has 4 fully saturated rings. The number of aliphatic hydroxyl groups excluding tert-OH is 2. The molecule has 1 heterocycles. The quantitative estimate of drug-likeness (QED) is 0.286. The maximum absolute atomic E-state index is 17.4. The molecule has 3 saturated carbocycles. The average Bonchev–Trinajstić information content (AvgIpc) is 3.47. The molecule has 4 aliphatic carbocycles. The Morgan fingerprint density at radius 1 is 1.24 bits per heavy atom. The molecule has 228 valence electrons. The van der Waals surface area contributed by atoms with Crippen molar-refractivity contribution in [2.24, 2.45) is 34.0 Å². The molecular weight excluding hydrogens is 544 g/mol. The second-order valence-electron chi connectivity index (χ2n) is 12.0. The number of halogens is 2. The predicted octanol–water partition coefficient (Wildman–Crippen LogP) is 5.61. The van der Waals surface area contributed by atoms with Crippen LogP contribution in [0.25, 0.3) is 0 Å². The summed E-state index contributed by atoms with van der Waals surface area (Å²) >= 11 is 3.53. The number of hydrogen-bond acceptors (Lipinski definition) is 6. The Labute approximate surface area is 249 Å². The fraction of sp³-hybridized carbons (Fsp3) is 0.636. The van der Waals surface area contributed by atoms with E-state index in [-0.39, 0.29) is 41.8 Å². The van der Waals surface area contributed by atoms with Crippen molar-refractivity contribution in [1.82, 2.24) is 4.90 Å². The van der Waals surface area contributed by atoms with Crippen LogP contribution in [0.4, 0.5) is 8.78 Å². The van der Waals surface area contributed by atoms with E-state index in [4.69, 9.17) is 0 Å². The lowest BCUT2D eigenvalue weighted by molar-refractivity contribution is -0.211. The summed E-state index contributed by atoms with van der Waals surface area (Å²) in [6.45, 7) is 13.4. The first-order valence-corrected chi connectivity index (χ1v) is 15.6. The first-order chi connectivity index (χ1) is 19.4. The lowest BCUT2D eigenvalue weighted by Gasteiger charge is -2.63. The van der Waals surface area contributed by atoms with Gasteiger partial charge in [0.25, 0.3) is 0 Å². The number of alkyl halides is 2. The molecule has 41 heavy (non-hydrogen) atoms. The zero-order valence-corrected chi connectivity index (χ0v) is 26.1. The van der Waals surface area contributed by atoms with Gasteiger partial charge in [-0.3, -0.25) is 9.59 Å². The highest BCUT2D eigenvalue weighted by atomic mass is 32.1. The van der Waals surface area contributed by atoms with Gasteiger partial charge in [-0.15, -0.1) is 0 Å². The van der Waals surface area contributed by atoms with Crippen LogP contribution in [-0.2, 0) is 9.59 Å². The zero-order chi connectivity index (χ0) is 31.0. The number of Topliss-reactive ketones (excluding diaryl/α,β-unsaturated/α-hetero) is 1. The van der Waals surface area contributed by atoms with Gasteiger partial charge in [0.15, 0.2) is 17.2 Å². The van der Waals surface area contributed by atoms with Gasteiger partial charge < -0.3 is 15.1 Å². The number of aliphatic hydroxyl groups is 2. The monoisotopic (exact) mass is 591 g/mol. The topological polar surface area (TPSA) is 77.8 Å². The van der Waals surface area contributed by atoms with E-state index in [9.17, 15) is 19.8 Å². The molecular formula is C33H47F2NO4S. The van der Waals surface area contributed by atoms with Gasteiger partial charge in [-0.1, -0.05) is 51.7 Å². The molecule has 0 amide bonds. The third-order valence-electron chi connectivity index (χ3n) is 10.9. The molecule has 0 radical (unpaired) electrons. The van der Waals surface area contributed by atoms with Gasteiger partial charge in [-0.2, -0.15) is 12.6 Å². The minimum Gasteiger partial charge on any atom is -0.390 e. The summed E-state index contributed by atoms with van der Waals surface area (Å²) in [5.74, 6) is -2.03. The highest BCUT2D eigenvalue weighted by Crippen LogP contribution is 2.74. The number of rotatable bonds is 5. The fourth-order valence-corrected chi connectivity index (χ4v) is 9.17. The molecule has 0 aromatic rings. The van der Waals surface area contributed by atoms with Crippen molar-refractivity contribution < 1.29 is 28.6 Å². The summed E-state index contributed by atoms with van der Waals surface area (Å²) in [4.78, 5) is 27.8. The van der Waals surface area contributed by atoms with E-state index in [0.29, 0.717) is 19.5 Å². The standard InChI is InChI=1S/C30H37F2NO4.C2H6.CH4S/c1-5-7-8-19(6-2)33-15-18-11-21-22-13-24(31)23-12-20(35)9-10-27(23,3)30(22,32)25(36)14-28(21,4)29(18,17-33)26(37)16-34;2*1-2/h5-10,12,18,21-22,24-25,34,36H,1,11,13-17H2,2-4H3;1-2H3;2H,1H3/b8-7-,19-6+;;/t18-,21-,22-,24-,25-,27-,28-,29+,30-;;/m0../s1. The van der Waals surface area contributed by atoms with Crippen molar-refractivity contribution in [3.8, 4) is 0 Å². The van der Waals surface area contributed by atoms with E-state index in [0.717, 1.165) is 5.70 Å². The molecule has 2 N–H and O–H groups in total. The number of fused-ring (bicyclic) bond motifs is 7. The Balaban J connectivity index is 0.00000111. The molecule has 8 heteroatoms. The van der Waals surface area contributed by atoms with Crippen molar-refractivity contribution in [1.29, 1.82) is 0 Å². The maximum Gasteiger partial charge on any atom is 0.178 e. The Morgan fingerprint density at radius 2 is 1.90 bits per heavy atom. The highest BCUT2D eigenvalue weighted by Gasteiger charge is 2.78. The van der Waals surface area contributed by atoms with Gasteiger partial charge in [0, 0.05) is 30.1 Å². The molecule has 5 rings (SSSR count). The van der Waals surface area contributed by atoms with Crippen LogP contribution in [0, 0.1) is 34.0 Å². The second kappa shape index (κ2) is 12.3. The number of carbonyl (C=O) groups is 2. The minimum atomic E-state index is -2.17. The summed E-state index contributed by atoms with van der Waals surface area (Å²) < 4.78 is 33.1. The summed E-state index contributed by atoms with van der Waals surface area (Å²) in [6, 6.07) is 0. The number of hydrogen-bond donors (Lipinski definition) is 3. The van der Waals surface area contributed by atoms with E-state index in [2.05, 4.69) is 24.1 Å². The van der Waals surface area contributed by atoms with Crippen molar-refractivity contribution in [2.75, 3.05) is 26.0 Å². The normalized spacial score (nSPS) is 42.6. The lowest BCUT2D eigenvalue weighted by Crippen LogP contribution is -2.69. The maximum atomic E-state index is 17.4. The van der Waals surface area contributed by atoms with Crippen LogP contribution in [0.3, 0.4) is 0 Å². The molecule has 1 saturated heterocycles. The minimum absolute atomic E-state index is 0.0238. The number of thiol groups is 1. The van der Waals surface area contributed by atoms with Gasteiger partial charge >= 0.3 is 0 Å². The van der Waals surface area contributed by atoms with Crippen LogP contribution in [0.15, 0.2) is 60.4 Å². The SMILES string of the molecule is C=C/C=C\C(=C/C)N1C[C@@H]2C[C@H]3[C@@H]4C[C@H](F)C5=CC(=O)C=C[C@]5(C)[C@@]4(F)[C@@H](O)C[C@]3(C)[C@]2(C(=O)CO)C1.CC.CS. The van der Waals surface area contributed by atoms with Gasteiger partial charge in [0.2, 0.25) is 0 Å². The van der Waals surface area contributed by atoms with Crippen LogP contribution in [0.2, 0.25) is 0 Å². The van der Waals surface area contributed by atoms with Crippen LogP contribution in [0.5, 0.6) is 0 Å². The Hall–Kier alpha value is -2.03. The Morgan fingerprint density at radius 3 is 2.49 bits per heavy atom. The summed E-state index contributed by atoms with van der Waals surface area (Å²) in [6.07, 6.45) is 10.4. The first-order valence-electron chi connectivity index (χ1n) is 14.7. The number of nitrogens with zero attached hydrogens (tertiary/aromatic N) is 1. The van der Waals surface area contributed by atoms with Gasteiger partial charge in [-0.25, -0.2) is 8.78 Å². The van der Waals surface area contributed by atoms with E-state index < -0.39 is 46.7 Å². The Kier molecular flexibility index (Phi) is 10.0. The molecule has 5 aliphatic rings. The number of likely N-dealkylation sites (tertiary alicyclic amines) is 1. The molecule has 5 nitrogen and oxygen atoms in total. The highest BCUT2D eigenvalue weighted by molar-refractivity contribution is 7.79. The zero-order valence-electron chi connectivity index (χ0n) is 25.2. The van der Waals surface area contributed by atoms with Crippen LogP contribution in [0.1, 0.15) is 53.9 Å². The van der Waals surface area contributed by atoms with E-state index in [1.54, 1.807) is 19.3 Å². The molecule has 0 aromatic carbocycles. The average molecular weight is 592 g/mol. The molecule has 0 spiro atoms. The number of ketones is 2. The molecule has 0 unspecified atom stereocenters. The van der Waals surface area contributed by atoms with Gasteiger partial charge in [-0.05, 0) is 80.4 Å². The first kappa shape index (κ1) is 33.5. The fourth-order valence-electron chi connectivity index (χ4n) is 9.17. The Bertz CT molecular complexity index is 1170. The van der Waals surface area contributed by atoms with Crippen molar-refractivity contribution in [2.45, 2.75) is 71.8 Å². The molecule has 0 bridgehead atoms. The van der Waals surface area contributed by atoms with E-state index in [1.165, 1.54) is 18.2 Å². The number of carbonyl (C=O) groups excluding carboxylic acids is 2. The van der Waals surface area contributed by atoms with Crippen molar-refractivity contribution in [3.05, 3.63) is 60.4 Å². The number of allylic oxidation sites excluding steroid dienone is 8. The van der Waals surface area contributed by atoms with Crippen LogP contribution >= 0.6 is 12.6 Å². The van der Waals surface area contributed by atoms with Crippen molar-refractivity contribution >= 4 is 24.2 Å². The second-order valence-corrected chi connectivity index (χ2v) is 12.0. The third kappa shape index (κ3) is 4.54. The van der Waals surface area contributed by atoms with Crippen LogP contribution < -0.4 is 0 Å². The van der Waals surface area contributed by atoms with E-state index in [1.807, 2.05) is 45.9 Å². The van der Waals surface area contributed by atoms with Gasteiger partial charge in [0.05, 0.1) is 11.5 Å². The molecule has 0 aromatic heterocycles. The largest absolute Gasteiger partial charge is 0.390 e. The smallest absolute Gasteiger partial charge is 0.178 e. The molecule has 1 aliphatic heterocycles.